The summed E-state index contributed by atoms with van der Waals surface area (Å²) in [5.74, 6) is -0.330. The Labute approximate surface area is 159 Å². The summed E-state index contributed by atoms with van der Waals surface area (Å²) in [6, 6.07) is 3.74. The molecule has 0 radical (unpaired) electrons. The first kappa shape index (κ1) is 17.5. The number of hydrogen-bond acceptors (Lipinski definition) is 5. The van der Waals surface area contributed by atoms with Gasteiger partial charge in [-0.15, -0.1) is 0 Å². The molecule has 0 bridgehead atoms. The third-order valence-electron chi connectivity index (χ3n) is 5.35. The van der Waals surface area contributed by atoms with Crippen LogP contribution in [0.15, 0.2) is 22.8 Å². The predicted molar refractivity (Wildman–Crippen MR) is 99.0 cm³/mol. The number of amides is 1. The van der Waals surface area contributed by atoms with Crippen LogP contribution in [0.4, 0.5) is 0 Å². The second-order valence-electron chi connectivity index (χ2n) is 7.09. The first-order valence-electron chi connectivity index (χ1n) is 8.83. The standard InChI is InChI=1S/C18H21BrN4O3/c1-11-15(23-10-12(19)2-3-14(23)22-11)16(24)21-9-13-8-18(17(25)26-13)4-6-20-7-5-18/h2-3,10,13,20H,4-9H2,1H3,(H,21,24). The zero-order valence-corrected chi connectivity index (χ0v) is 16.1. The Morgan fingerprint density at radius 2 is 2.23 bits per heavy atom. The van der Waals surface area contributed by atoms with Gasteiger partial charge in [-0.2, -0.15) is 0 Å². The molecular weight excluding hydrogens is 400 g/mol. The Morgan fingerprint density at radius 3 is 3.00 bits per heavy atom. The monoisotopic (exact) mass is 420 g/mol. The van der Waals surface area contributed by atoms with E-state index < -0.39 is 0 Å². The maximum atomic E-state index is 12.7. The SMILES string of the molecule is Cc1nc2ccc(Br)cn2c1C(=O)NCC1CC2(CCNCC2)C(=O)O1. The number of aryl methyl sites for hydroxylation is 1. The van der Waals surface area contributed by atoms with Gasteiger partial charge in [0.25, 0.3) is 5.91 Å². The van der Waals surface area contributed by atoms with Crippen molar-refractivity contribution in [3.63, 3.8) is 0 Å². The maximum Gasteiger partial charge on any atom is 0.312 e. The van der Waals surface area contributed by atoms with Gasteiger partial charge in [0, 0.05) is 17.1 Å². The van der Waals surface area contributed by atoms with Crippen LogP contribution in [-0.2, 0) is 9.53 Å². The molecule has 1 unspecified atom stereocenters. The Balaban J connectivity index is 1.46. The first-order chi connectivity index (χ1) is 12.5. The predicted octanol–water partition coefficient (Wildman–Crippen LogP) is 1.82. The van der Waals surface area contributed by atoms with Crippen LogP contribution in [0.25, 0.3) is 5.65 Å². The van der Waals surface area contributed by atoms with Crippen molar-refractivity contribution in [1.82, 2.24) is 20.0 Å². The lowest BCUT2D eigenvalue weighted by atomic mass is 9.76. The molecule has 2 N–H and O–H groups in total. The van der Waals surface area contributed by atoms with Gasteiger partial charge >= 0.3 is 5.97 Å². The van der Waals surface area contributed by atoms with Gasteiger partial charge in [-0.1, -0.05) is 0 Å². The molecule has 2 aliphatic rings. The van der Waals surface area contributed by atoms with E-state index in [2.05, 4.69) is 31.5 Å². The number of rotatable bonds is 3. The molecule has 1 spiro atoms. The zero-order chi connectivity index (χ0) is 18.3. The van der Waals surface area contributed by atoms with Crippen LogP contribution in [0.5, 0.6) is 0 Å². The van der Waals surface area contributed by atoms with Crippen LogP contribution in [0.2, 0.25) is 0 Å². The van der Waals surface area contributed by atoms with Crippen molar-refractivity contribution in [2.24, 2.45) is 5.41 Å². The van der Waals surface area contributed by atoms with Gasteiger partial charge in [0.05, 0.1) is 17.7 Å². The highest BCUT2D eigenvalue weighted by Crippen LogP contribution is 2.41. The Bertz CT molecular complexity index is 873. The highest BCUT2D eigenvalue weighted by atomic mass is 79.9. The number of cyclic esters (lactones) is 1. The van der Waals surface area contributed by atoms with Crippen LogP contribution in [0.1, 0.15) is 35.4 Å². The minimum atomic E-state index is -0.370. The number of pyridine rings is 1. The van der Waals surface area contributed by atoms with Crippen LogP contribution in [0.3, 0.4) is 0 Å². The van der Waals surface area contributed by atoms with Crippen LogP contribution in [-0.4, -0.2) is 47.0 Å². The van der Waals surface area contributed by atoms with Crippen molar-refractivity contribution < 1.29 is 14.3 Å². The normalized spacial score (nSPS) is 21.9. The van der Waals surface area contributed by atoms with E-state index in [1.807, 2.05) is 25.3 Å². The molecule has 2 aromatic heterocycles. The van der Waals surface area contributed by atoms with Gasteiger partial charge in [0.1, 0.15) is 17.4 Å². The molecule has 0 saturated carbocycles. The van der Waals surface area contributed by atoms with Gasteiger partial charge in [-0.05, 0) is 60.9 Å². The van der Waals surface area contributed by atoms with E-state index in [0.717, 1.165) is 36.1 Å². The first-order valence-corrected chi connectivity index (χ1v) is 9.62. The summed E-state index contributed by atoms with van der Waals surface area (Å²) >= 11 is 3.42. The molecule has 0 aromatic carbocycles. The van der Waals surface area contributed by atoms with E-state index in [1.54, 1.807) is 4.40 Å². The van der Waals surface area contributed by atoms with Gasteiger partial charge in [0.15, 0.2) is 0 Å². The van der Waals surface area contributed by atoms with E-state index in [4.69, 9.17) is 4.74 Å². The molecule has 2 aliphatic heterocycles. The van der Waals surface area contributed by atoms with E-state index in [-0.39, 0.29) is 23.4 Å². The molecule has 138 valence electrons. The number of fused-ring (bicyclic) bond motifs is 1. The van der Waals surface area contributed by atoms with E-state index in [0.29, 0.717) is 24.4 Å². The average molecular weight is 421 g/mol. The molecular formula is C18H21BrN4O3. The highest BCUT2D eigenvalue weighted by Gasteiger charge is 2.49. The molecule has 4 rings (SSSR count). The summed E-state index contributed by atoms with van der Waals surface area (Å²) < 4.78 is 8.18. The van der Waals surface area contributed by atoms with Crippen molar-refractivity contribution in [2.45, 2.75) is 32.3 Å². The minimum absolute atomic E-state index is 0.117. The van der Waals surface area contributed by atoms with Gasteiger partial charge in [-0.3, -0.25) is 14.0 Å². The summed E-state index contributed by atoms with van der Waals surface area (Å²) in [6.45, 7) is 3.81. The second kappa shape index (κ2) is 6.66. The Morgan fingerprint density at radius 1 is 1.46 bits per heavy atom. The number of piperidine rings is 1. The summed E-state index contributed by atoms with van der Waals surface area (Å²) in [5.41, 5.74) is 1.52. The number of ether oxygens (including phenoxy) is 1. The van der Waals surface area contributed by atoms with E-state index in [1.165, 1.54) is 0 Å². The average Bonchev–Trinajstić information content (AvgIpc) is 3.10. The molecule has 0 aliphatic carbocycles. The lowest BCUT2D eigenvalue weighted by Gasteiger charge is -2.29. The van der Waals surface area contributed by atoms with E-state index in [9.17, 15) is 9.59 Å². The third-order valence-corrected chi connectivity index (χ3v) is 5.82. The van der Waals surface area contributed by atoms with Crippen molar-refractivity contribution in [3.8, 4) is 0 Å². The number of carbonyl (C=O) groups is 2. The number of aromatic nitrogens is 2. The van der Waals surface area contributed by atoms with Crippen molar-refractivity contribution in [3.05, 3.63) is 34.2 Å². The molecule has 26 heavy (non-hydrogen) atoms. The van der Waals surface area contributed by atoms with Crippen LogP contribution >= 0.6 is 15.9 Å². The van der Waals surface area contributed by atoms with Gasteiger partial charge < -0.3 is 15.4 Å². The van der Waals surface area contributed by atoms with Gasteiger partial charge in [0.2, 0.25) is 0 Å². The zero-order valence-electron chi connectivity index (χ0n) is 14.5. The molecule has 2 saturated heterocycles. The highest BCUT2D eigenvalue weighted by molar-refractivity contribution is 9.10. The summed E-state index contributed by atoms with van der Waals surface area (Å²) in [4.78, 5) is 29.5. The maximum absolute atomic E-state index is 12.7. The smallest absolute Gasteiger partial charge is 0.312 e. The minimum Gasteiger partial charge on any atom is -0.460 e. The second-order valence-corrected chi connectivity index (χ2v) is 8.01. The Kier molecular flexibility index (Phi) is 4.48. The number of carbonyl (C=O) groups excluding carboxylic acids is 2. The molecule has 7 nitrogen and oxygen atoms in total. The largest absolute Gasteiger partial charge is 0.460 e. The molecule has 8 heteroatoms. The number of nitrogens with one attached hydrogen (secondary N) is 2. The number of imidazole rings is 1. The van der Waals surface area contributed by atoms with Crippen molar-refractivity contribution in [2.75, 3.05) is 19.6 Å². The number of esters is 1. The molecule has 1 atom stereocenters. The van der Waals surface area contributed by atoms with Crippen LogP contribution in [0, 0.1) is 12.3 Å². The summed E-state index contributed by atoms with van der Waals surface area (Å²) in [6.07, 6.45) is 3.83. The topological polar surface area (TPSA) is 84.7 Å². The fraction of sp³-hybridized carbons (Fsp3) is 0.500. The van der Waals surface area contributed by atoms with E-state index >= 15 is 0 Å². The molecule has 2 aromatic rings. The van der Waals surface area contributed by atoms with Crippen molar-refractivity contribution in [1.29, 1.82) is 0 Å². The van der Waals surface area contributed by atoms with Crippen molar-refractivity contribution >= 4 is 33.5 Å². The number of hydrogen-bond donors (Lipinski definition) is 2. The quantitative estimate of drug-likeness (QED) is 0.739. The third kappa shape index (κ3) is 3.01. The molecule has 2 fully saturated rings. The number of halogens is 1. The Hall–Kier alpha value is -1.93. The summed E-state index contributed by atoms with van der Waals surface area (Å²) in [5, 5.41) is 6.19. The fourth-order valence-corrected chi connectivity index (χ4v) is 4.30. The lowest BCUT2D eigenvalue weighted by Crippen LogP contribution is -2.40. The fourth-order valence-electron chi connectivity index (χ4n) is 3.96. The number of nitrogens with zero attached hydrogens (tertiary/aromatic N) is 2. The summed E-state index contributed by atoms with van der Waals surface area (Å²) in [7, 11) is 0. The van der Waals surface area contributed by atoms with Crippen LogP contribution < -0.4 is 10.6 Å². The molecule has 1 amide bonds. The van der Waals surface area contributed by atoms with Gasteiger partial charge in [-0.25, -0.2) is 4.98 Å². The lowest BCUT2D eigenvalue weighted by molar-refractivity contribution is -0.149. The molecule has 4 heterocycles.